The van der Waals surface area contributed by atoms with Gasteiger partial charge >= 0.3 is 0 Å². The predicted molar refractivity (Wildman–Crippen MR) is 76.8 cm³/mol. The highest BCUT2D eigenvalue weighted by atomic mass is 16.3. The van der Waals surface area contributed by atoms with E-state index in [0.29, 0.717) is 32.0 Å². The number of nitriles is 1. The van der Waals surface area contributed by atoms with Crippen LogP contribution in [0.15, 0.2) is 22.8 Å². The third kappa shape index (κ3) is 4.36. The molecule has 0 bridgehead atoms. The van der Waals surface area contributed by atoms with Crippen molar-refractivity contribution in [1.29, 1.82) is 5.26 Å². The van der Waals surface area contributed by atoms with Gasteiger partial charge in [-0.15, -0.1) is 0 Å². The highest BCUT2D eigenvalue weighted by Crippen LogP contribution is 2.32. The fourth-order valence-corrected chi connectivity index (χ4v) is 2.92. The monoisotopic (exact) mass is 276 g/mol. The molecule has 1 aliphatic rings. The van der Waals surface area contributed by atoms with Gasteiger partial charge in [-0.2, -0.15) is 5.26 Å². The van der Waals surface area contributed by atoms with Gasteiger partial charge < -0.3 is 9.52 Å². The first-order valence-corrected chi connectivity index (χ1v) is 7.45. The molecule has 4 nitrogen and oxygen atoms in total. The summed E-state index contributed by atoms with van der Waals surface area (Å²) in [5.41, 5.74) is -0.603. The Balaban J connectivity index is 1.94. The summed E-state index contributed by atoms with van der Waals surface area (Å²) in [4.78, 5) is 2.14. The molecule has 1 saturated carbocycles. The van der Waals surface area contributed by atoms with Gasteiger partial charge in [0, 0.05) is 19.5 Å². The van der Waals surface area contributed by atoms with Gasteiger partial charge in [-0.3, -0.25) is 4.90 Å². The molecule has 1 aromatic heterocycles. The van der Waals surface area contributed by atoms with Gasteiger partial charge in [-0.1, -0.05) is 6.92 Å². The highest BCUT2D eigenvalue weighted by Gasteiger charge is 2.33. The minimum Gasteiger partial charge on any atom is -0.468 e. The third-order valence-corrected chi connectivity index (χ3v) is 4.22. The number of nitrogens with zero attached hydrogens (tertiary/aromatic N) is 2. The molecular formula is C16H24N2O2. The van der Waals surface area contributed by atoms with Crippen LogP contribution in [0.5, 0.6) is 0 Å². The Morgan fingerprint density at radius 1 is 1.50 bits per heavy atom. The Morgan fingerprint density at radius 2 is 2.25 bits per heavy atom. The minimum atomic E-state index is -0.603. The minimum absolute atomic E-state index is 0.479. The molecule has 1 aromatic rings. The molecule has 0 amide bonds. The second kappa shape index (κ2) is 6.92. The van der Waals surface area contributed by atoms with E-state index in [1.165, 1.54) is 0 Å². The van der Waals surface area contributed by atoms with Gasteiger partial charge in [0.05, 0.1) is 24.5 Å². The van der Waals surface area contributed by atoms with Crippen LogP contribution < -0.4 is 0 Å². The molecule has 0 atom stereocenters. The second-order valence-electron chi connectivity index (χ2n) is 6.10. The summed E-state index contributed by atoms with van der Waals surface area (Å²) in [6, 6.07) is 5.99. The Hall–Kier alpha value is -1.31. The topological polar surface area (TPSA) is 60.4 Å². The molecule has 0 spiro atoms. The van der Waals surface area contributed by atoms with Crippen LogP contribution in [-0.2, 0) is 6.54 Å². The standard InChI is InChI=1S/C16H24N2O2/c1-14-5-7-16(19,8-6-14)13-18(10-3-9-17)12-15-4-2-11-20-15/h2,4,11,14,19H,3,5-8,10,12-13H2,1H3. The van der Waals surface area contributed by atoms with Crippen molar-refractivity contribution >= 4 is 0 Å². The molecule has 0 unspecified atom stereocenters. The summed E-state index contributed by atoms with van der Waals surface area (Å²) < 4.78 is 5.38. The van der Waals surface area contributed by atoms with Crippen LogP contribution in [0.4, 0.5) is 0 Å². The van der Waals surface area contributed by atoms with Crippen molar-refractivity contribution in [2.24, 2.45) is 5.92 Å². The Kier molecular flexibility index (Phi) is 5.22. The zero-order chi connectivity index (χ0) is 14.4. The molecule has 0 aliphatic heterocycles. The molecule has 1 heterocycles. The summed E-state index contributed by atoms with van der Waals surface area (Å²) in [5.74, 6) is 1.60. The Labute approximate surface area is 121 Å². The quantitative estimate of drug-likeness (QED) is 0.867. The summed E-state index contributed by atoms with van der Waals surface area (Å²) in [7, 11) is 0. The molecule has 0 saturated heterocycles. The number of hydrogen-bond donors (Lipinski definition) is 1. The van der Waals surface area contributed by atoms with Crippen molar-refractivity contribution in [2.75, 3.05) is 13.1 Å². The molecule has 20 heavy (non-hydrogen) atoms. The van der Waals surface area contributed by atoms with Crippen molar-refractivity contribution < 1.29 is 9.52 Å². The normalized spacial score (nSPS) is 26.6. The van der Waals surface area contributed by atoms with Crippen molar-refractivity contribution in [3.63, 3.8) is 0 Å². The molecule has 0 aromatic carbocycles. The maximum absolute atomic E-state index is 10.7. The molecule has 1 fully saturated rings. The first-order chi connectivity index (χ1) is 9.61. The maximum atomic E-state index is 10.7. The van der Waals surface area contributed by atoms with Crippen LogP contribution in [0, 0.1) is 17.2 Å². The van der Waals surface area contributed by atoms with Gasteiger partial charge in [-0.05, 0) is 43.7 Å². The molecule has 110 valence electrons. The molecular weight excluding hydrogens is 252 g/mol. The van der Waals surface area contributed by atoms with Gasteiger partial charge in [0.25, 0.3) is 0 Å². The Bertz CT molecular complexity index is 428. The van der Waals surface area contributed by atoms with E-state index in [9.17, 15) is 5.11 Å². The fourth-order valence-electron chi connectivity index (χ4n) is 2.92. The second-order valence-corrected chi connectivity index (χ2v) is 6.10. The summed E-state index contributed by atoms with van der Waals surface area (Å²) in [6.45, 7) is 4.21. The number of aliphatic hydroxyl groups is 1. The van der Waals surface area contributed by atoms with Crippen LogP contribution in [0.2, 0.25) is 0 Å². The summed E-state index contributed by atoms with van der Waals surface area (Å²) in [6.07, 6.45) is 6.03. The van der Waals surface area contributed by atoms with Gasteiger partial charge in [0.2, 0.25) is 0 Å². The predicted octanol–water partition coefficient (Wildman–Crippen LogP) is 2.94. The number of furan rings is 1. The van der Waals surface area contributed by atoms with Crippen LogP contribution >= 0.6 is 0 Å². The highest BCUT2D eigenvalue weighted by molar-refractivity contribution is 4.99. The first-order valence-electron chi connectivity index (χ1n) is 7.45. The average molecular weight is 276 g/mol. The van der Waals surface area contributed by atoms with Gasteiger partial charge in [0.15, 0.2) is 0 Å². The largest absolute Gasteiger partial charge is 0.468 e. The smallest absolute Gasteiger partial charge is 0.117 e. The van der Waals surface area contributed by atoms with E-state index in [0.717, 1.165) is 31.4 Å². The van der Waals surface area contributed by atoms with Crippen LogP contribution in [0.3, 0.4) is 0 Å². The lowest BCUT2D eigenvalue weighted by Gasteiger charge is -2.38. The molecule has 1 aliphatic carbocycles. The van der Waals surface area contributed by atoms with E-state index >= 15 is 0 Å². The first kappa shape index (κ1) is 15.1. The average Bonchev–Trinajstić information content (AvgIpc) is 2.93. The zero-order valence-corrected chi connectivity index (χ0v) is 12.2. The molecule has 1 N–H and O–H groups in total. The Morgan fingerprint density at radius 3 is 2.85 bits per heavy atom. The van der Waals surface area contributed by atoms with E-state index in [2.05, 4.69) is 17.9 Å². The number of hydrogen-bond acceptors (Lipinski definition) is 4. The molecule has 0 radical (unpaired) electrons. The lowest BCUT2D eigenvalue weighted by atomic mass is 9.79. The molecule has 4 heteroatoms. The van der Waals surface area contributed by atoms with Crippen molar-refractivity contribution in [1.82, 2.24) is 4.90 Å². The van der Waals surface area contributed by atoms with Gasteiger partial charge in [-0.25, -0.2) is 0 Å². The van der Waals surface area contributed by atoms with E-state index < -0.39 is 5.60 Å². The summed E-state index contributed by atoms with van der Waals surface area (Å²) >= 11 is 0. The van der Waals surface area contributed by atoms with E-state index in [-0.39, 0.29) is 0 Å². The van der Waals surface area contributed by atoms with E-state index in [1.54, 1.807) is 6.26 Å². The van der Waals surface area contributed by atoms with Crippen molar-refractivity contribution in [2.45, 2.75) is 51.2 Å². The van der Waals surface area contributed by atoms with Gasteiger partial charge in [0.1, 0.15) is 5.76 Å². The number of rotatable bonds is 6. The van der Waals surface area contributed by atoms with Crippen LogP contribution in [0.1, 0.15) is 44.8 Å². The summed E-state index contributed by atoms with van der Waals surface area (Å²) in [5, 5.41) is 19.5. The van der Waals surface area contributed by atoms with Crippen molar-refractivity contribution in [3.05, 3.63) is 24.2 Å². The maximum Gasteiger partial charge on any atom is 0.117 e. The van der Waals surface area contributed by atoms with E-state index in [4.69, 9.17) is 9.68 Å². The third-order valence-electron chi connectivity index (χ3n) is 4.22. The fraction of sp³-hybridized carbons (Fsp3) is 0.688. The van der Waals surface area contributed by atoms with E-state index in [1.807, 2.05) is 12.1 Å². The SMILES string of the molecule is CC1CCC(O)(CN(CCC#N)Cc2ccco2)CC1. The lowest BCUT2D eigenvalue weighted by Crippen LogP contribution is -2.45. The molecule has 2 rings (SSSR count). The van der Waals surface area contributed by atoms with Crippen molar-refractivity contribution in [3.8, 4) is 6.07 Å². The van der Waals surface area contributed by atoms with Crippen LogP contribution in [-0.4, -0.2) is 28.7 Å². The van der Waals surface area contributed by atoms with Crippen LogP contribution in [0.25, 0.3) is 0 Å². The zero-order valence-electron chi connectivity index (χ0n) is 12.2. The lowest BCUT2D eigenvalue weighted by molar-refractivity contribution is -0.0374.